The molecule has 0 aromatic carbocycles. The summed E-state index contributed by atoms with van der Waals surface area (Å²) in [5.41, 5.74) is 1.83. The molecule has 3 heterocycles. The average molecular weight is 401 g/mol. The smallest absolute Gasteiger partial charge is 0.325 e. The zero-order chi connectivity index (χ0) is 20.1. The molecule has 148 valence electrons. The molecule has 0 spiro atoms. The molecule has 0 radical (unpaired) electrons. The number of methoxy groups -OCH3 is 1. The van der Waals surface area contributed by atoms with Gasteiger partial charge in [-0.15, -0.1) is 11.3 Å². The zero-order valence-electron chi connectivity index (χ0n) is 16.6. The second-order valence-electron chi connectivity index (χ2n) is 6.47. The van der Waals surface area contributed by atoms with Crippen LogP contribution in [0.4, 0.5) is 5.82 Å². The highest BCUT2D eigenvalue weighted by molar-refractivity contribution is 7.18. The fraction of sp³-hybridized carbons (Fsp3) is 0.400. The number of anilines is 1. The molecule has 0 aliphatic carbocycles. The molecule has 0 bridgehead atoms. The number of hydrogen-bond acceptors (Lipinski definition) is 8. The second-order valence-corrected chi connectivity index (χ2v) is 7.68. The van der Waals surface area contributed by atoms with E-state index in [1.807, 2.05) is 30.1 Å². The van der Waals surface area contributed by atoms with E-state index in [-0.39, 0.29) is 12.5 Å². The van der Waals surface area contributed by atoms with Gasteiger partial charge in [-0.2, -0.15) is 0 Å². The molecule has 0 saturated heterocycles. The molecular formula is C20H24N4O3S. The normalized spacial score (nSPS) is 11.0. The highest BCUT2D eigenvalue weighted by Gasteiger charge is 2.20. The van der Waals surface area contributed by atoms with Crippen molar-refractivity contribution >= 4 is 33.3 Å². The van der Waals surface area contributed by atoms with Gasteiger partial charge in [0.2, 0.25) is 0 Å². The van der Waals surface area contributed by atoms with E-state index in [4.69, 9.17) is 19.4 Å². The third kappa shape index (κ3) is 4.45. The molecular weight excluding hydrogens is 376 g/mol. The molecule has 0 amide bonds. The summed E-state index contributed by atoms with van der Waals surface area (Å²) < 4.78 is 10.3. The van der Waals surface area contributed by atoms with Gasteiger partial charge in [-0.3, -0.25) is 9.78 Å². The van der Waals surface area contributed by atoms with Gasteiger partial charge in [0.1, 0.15) is 22.9 Å². The number of hydrogen-bond donors (Lipinski definition) is 0. The van der Waals surface area contributed by atoms with Crippen molar-refractivity contribution in [1.82, 2.24) is 15.0 Å². The number of carbonyl (C=O) groups is 1. The average Bonchev–Trinajstić information content (AvgIpc) is 2.99. The molecule has 0 fully saturated rings. The minimum atomic E-state index is -0.297. The monoisotopic (exact) mass is 400 g/mol. The number of nitrogens with zero attached hydrogens (tertiary/aromatic N) is 4. The first-order chi connectivity index (χ1) is 13.5. The van der Waals surface area contributed by atoms with Crippen LogP contribution in [0.2, 0.25) is 0 Å². The van der Waals surface area contributed by atoms with Crippen molar-refractivity contribution in [2.45, 2.75) is 20.3 Å². The number of carbonyl (C=O) groups excluding carboxylic acids is 1. The Bertz CT molecular complexity index is 959. The van der Waals surface area contributed by atoms with Crippen molar-refractivity contribution in [3.05, 3.63) is 34.8 Å². The summed E-state index contributed by atoms with van der Waals surface area (Å²) in [6, 6.07) is 5.64. The van der Waals surface area contributed by atoms with E-state index < -0.39 is 0 Å². The molecule has 0 N–H and O–H groups in total. The molecule has 0 atom stereocenters. The van der Waals surface area contributed by atoms with Crippen LogP contribution in [0.25, 0.3) is 21.7 Å². The van der Waals surface area contributed by atoms with E-state index in [0.29, 0.717) is 37.0 Å². The van der Waals surface area contributed by atoms with Crippen LogP contribution in [-0.2, 0) is 14.3 Å². The lowest BCUT2D eigenvalue weighted by Gasteiger charge is -2.19. The Morgan fingerprint density at radius 3 is 2.75 bits per heavy atom. The molecule has 3 rings (SSSR count). The van der Waals surface area contributed by atoms with Gasteiger partial charge in [0.15, 0.2) is 5.82 Å². The van der Waals surface area contributed by atoms with Crippen LogP contribution < -0.4 is 4.90 Å². The van der Waals surface area contributed by atoms with Crippen LogP contribution in [0.5, 0.6) is 0 Å². The Hall–Kier alpha value is -2.58. The standard InChI is InChI=1S/C20H24N4O3S/c1-13-14(2)28-20-17(13)19(22-18(23-20)15-8-5-6-9-21-15)24(3)12-16(25)27-11-7-10-26-4/h5-6,8-9H,7,10-12H2,1-4H3. The van der Waals surface area contributed by atoms with E-state index in [1.54, 1.807) is 24.6 Å². The van der Waals surface area contributed by atoms with Crippen LogP contribution >= 0.6 is 11.3 Å². The lowest BCUT2D eigenvalue weighted by atomic mass is 10.2. The molecule has 0 aliphatic rings. The number of fused-ring (bicyclic) bond motifs is 1. The summed E-state index contributed by atoms with van der Waals surface area (Å²) >= 11 is 1.62. The maximum atomic E-state index is 12.2. The Labute approximate surface area is 168 Å². The molecule has 28 heavy (non-hydrogen) atoms. The molecule has 0 aliphatic heterocycles. The Morgan fingerprint density at radius 1 is 1.21 bits per heavy atom. The van der Waals surface area contributed by atoms with Crippen LogP contribution in [0.1, 0.15) is 16.9 Å². The number of thiophene rings is 1. The van der Waals surface area contributed by atoms with Crippen LogP contribution in [0.3, 0.4) is 0 Å². The van der Waals surface area contributed by atoms with E-state index in [9.17, 15) is 4.79 Å². The van der Waals surface area contributed by atoms with Gasteiger partial charge >= 0.3 is 5.97 Å². The maximum Gasteiger partial charge on any atom is 0.325 e. The zero-order valence-corrected chi connectivity index (χ0v) is 17.4. The van der Waals surface area contributed by atoms with Crippen molar-refractivity contribution in [3.63, 3.8) is 0 Å². The fourth-order valence-electron chi connectivity index (χ4n) is 2.82. The quantitative estimate of drug-likeness (QED) is 0.424. The van der Waals surface area contributed by atoms with Crippen molar-refractivity contribution < 1.29 is 14.3 Å². The lowest BCUT2D eigenvalue weighted by molar-refractivity contribution is -0.142. The molecule has 0 unspecified atom stereocenters. The van der Waals surface area contributed by atoms with Gasteiger partial charge in [-0.05, 0) is 31.5 Å². The summed E-state index contributed by atoms with van der Waals surface area (Å²) in [4.78, 5) is 29.9. The van der Waals surface area contributed by atoms with E-state index in [0.717, 1.165) is 15.8 Å². The number of likely N-dealkylation sites (N-methyl/N-ethyl adjacent to an activating group) is 1. The van der Waals surface area contributed by atoms with E-state index in [1.165, 1.54) is 4.88 Å². The highest BCUT2D eigenvalue weighted by Crippen LogP contribution is 2.35. The van der Waals surface area contributed by atoms with Gasteiger partial charge in [0.25, 0.3) is 0 Å². The van der Waals surface area contributed by atoms with Crippen molar-refractivity contribution in [1.29, 1.82) is 0 Å². The third-order valence-electron chi connectivity index (χ3n) is 4.39. The molecule has 8 heteroatoms. The number of aryl methyl sites for hydroxylation is 2. The number of ether oxygens (including phenoxy) is 2. The summed E-state index contributed by atoms with van der Waals surface area (Å²) in [6.07, 6.45) is 2.39. The van der Waals surface area contributed by atoms with Crippen LogP contribution in [0.15, 0.2) is 24.4 Å². The predicted octanol–water partition coefficient (Wildman–Crippen LogP) is 3.39. The SMILES string of the molecule is COCCCOC(=O)CN(C)c1nc(-c2ccccn2)nc2sc(C)c(C)c12. The first kappa shape index (κ1) is 20.2. The lowest BCUT2D eigenvalue weighted by Crippen LogP contribution is -2.28. The molecule has 0 saturated carbocycles. The third-order valence-corrected chi connectivity index (χ3v) is 5.49. The topological polar surface area (TPSA) is 77.4 Å². The van der Waals surface area contributed by atoms with Gasteiger partial charge in [0.05, 0.1) is 12.0 Å². The van der Waals surface area contributed by atoms with Crippen LogP contribution in [-0.4, -0.2) is 54.8 Å². The Balaban J connectivity index is 1.91. The predicted molar refractivity (Wildman–Crippen MR) is 111 cm³/mol. The summed E-state index contributed by atoms with van der Waals surface area (Å²) in [6.45, 7) is 5.13. The van der Waals surface area contributed by atoms with Gasteiger partial charge in [-0.1, -0.05) is 6.07 Å². The second kappa shape index (κ2) is 9.07. The molecule has 3 aromatic rings. The minimum absolute atomic E-state index is 0.106. The first-order valence-electron chi connectivity index (χ1n) is 9.06. The number of pyridine rings is 1. The number of rotatable bonds is 8. The largest absolute Gasteiger partial charge is 0.464 e. The summed E-state index contributed by atoms with van der Waals surface area (Å²) in [5.74, 6) is 0.959. The fourth-order valence-corrected chi connectivity index (χ4v) is 3.84. The van der Waals surface area contributed by atoms with Gasteiger partial charge in [0, 0.05) is 38.3 Å². The molecule has 7 nitrogen and oxygen atoms in total. The molecule has 3 aromatic heterocycles. The minimum Gasteiger partial charge on any atom is -0.464 e. The summed E-state index contributed by atoms with van der Waals surface area (Å²) in [5, 5.41) is 0.969. The van der Waals surface area contributed by atoms with Crippen molar-refractivity contribution in [3.8, 4) is 11.5 Å². The van der Waals surface area contributed by atoms with Gasteiger partial charge < -0.3 is 14.4 Å². The van der Waals surface area contributed by atoms with E-state index >= 15 is 0 Å². The summed E-state index contributed by atoms with van der Waals surface area (Å²) in [7, 11) is 3.47. The van der Waals surface area contributed by atoms with Crippen molar-refractivity contribution in [2.75, 3.05) is 38.8 Å². The Kier molecular flexibility index (Phi) is 6.53. The first-order valence-corrected chi connectivity index (χ1v) is 9.87. The van der Waals surface area contributed by atoms with Crippen molar-refractivity contribution in [2.24, 2.45) is 0 Å². The number of esters is 1. The number of aromatic nitrogens is 3. The highest BCUT2D eigenvalue weighted by atomic mass is 32.1. The van der Waals surface area contributed by atoms with Crippen LogP contribution in [0, 0.1) is 13.8 Å². The van der Waals surface area contributed by atoms with E-state index in [2.05, 4.69) is 18.8 Å². The van der Waals surface area contributed by atoms with Gasteiger partial charge in [-0.25, -0.2) is 9.97 Å². The maximum absolute atomic E-state index is 12.2. The Morgan fingerprint density at radius 2 is 2.04 bits per heavy atom.